The molecule has 3 N–H and O–H groups in total. The van der Waals surface area contributed by atoms with Crippen LogP contribution in [0.25, 0.3) is 0 Å². The minimum atomic E-state index is -1.10. The normalized spacial score (nSPS) is 18.6. The monoisotopic (exact) mass is 336 g/mol. The summed E-state index contributed by atoms with van der Waals surface area (Å²) in [6.07, 6.45) is 3.76. The average Bonchev–Trinajstić information content (AvgIpc) is 3.20. The fourth-order valence-corrected chi connectivity index (χ4v) is 2.89. The molecule has 1 aliphatic rings. The molecule has 0 aromatic carbocycles. The number of likely N-dealkylation sites (tertiary alicyclic amines) is 1. The summed E-state index contributed by atoms with van der Waals surface area (Å²) < 4.78 is 5.53. The lowest BCUT2D eigenvalue weighted by Crippen LogP contribution is -2.40. The maximum Gasteiger partial charge on any atom is 0.191 e. The third kappa shape index (κ3) is 5.83. The van der Waals surface area contributed by atoms with Gasteiger partial charge in [0.25, 0.3) is 0 Å². The summed E-state index contributed by atoms with van der Waals surface area (Å²) >= 11 is 0. The first kappa shape index (κ1) is 18.8. The molecule has 1 saturated heterocycles. The Labute approximate surface area is 145 Å². The molecule has 1 aliphatic heterocycles. The number of hydrogen-bond donors (Lipinski definition) is 3. The molecule has 0 bridgehead atoms. The highest BCUT2D eigenvalue weighted by molar-refractivity contribution is 5.79. The van der Waals surface area contributed by atoms with Crippen LogP contribution in [0.3, 0.4) is 0 Å². The minimum absolute atomic E-state index is 0.251. The first-order valence-corrected chi connectivity index (χ1v) is 9.05. The number of guanidine groups is 1. The molecule has 136 valence electrons. The lowest BCUT2D eigenvalue weighted by Gasteiger charge is -2.20. The molecular formula is C18H32N4O2. The van der Waals surface area contributed by atoms with E-state index in [1.54, 1.807) is 13.0 Å². The van der Waals surface area contributed by atoms with Crippen molar-refractivity contribution in [3.63, 3.8) is 0 Å². The fourth-order valence-electron chi connectivity index (χ4n) is 2.89. The van der Waals surface area contributed by atoms with Crippen molar-refractivity contribution in [1.82, 2.24) is 15.5 Å². The number of aliphatic imine (C=N–C) groups is 1. The summed E-state index contributed by atoms with van der Waals surface area (Å²) in [6.45, 7) is 11.2. The number of furan rings is 1. The maximum atomic E-state index is 10.6. The zero-order chi connectivity index (χ0) is 17.4. The molecule has 1 aromatic rings. The van der Waals surface area contributed by atoms with E-state index in [0.717, 1.165) is 37.8 Å². The van der Waals surface area contributed by atoms with Crippen LogP contribution in [0, 0.1) is 6.92 Å². The van der Waals surface area contributed by atoms with Gasteiger partial charge in [0.1, 0.15) is 17.1 Å². The van der Waals surface area contributed by atoms with Crippen molar-refractivity contribution in [3.8, 4) is 0 Å². The van der Waals surface area contributed by atoms with E-state index in [9.17, 15) is 5.11 Å². The fraction of sp³-hybridized carbons (Fsp3) is 0.722. The van der Waals surface area contributed by atoms with Crippen LogP contribution in [0.5, 0.6) is 0 Å². The second-order valence-electron chi connectivity index (χ2n) is 6.71. The summed E-state index contributed by atoms with van der Waals surface area (Å²) in [7, 11) is 0. The predicted molar refractivity (Wildman–Crippen MR) is 97.3 cm³/mol. The smallest absolute Gasteiger partial charge is 0.191 e. The number of nitrogens with one attached hydrogen (secondary N) is 2. The van der Waals surface area contributed by atoms with E-state index >= 15 is 0 Å². The molecule has 24 heavy (non-hydrogen) atoms. The third-order valence-corrected chi connectivity index (χ3v) is 4.30. The van der Waals surface area contributed by atoms with Crippen molar-refractivity contribution in [2.24, 2.45) is 4.99 Å². The number of rotatable bonds is 8. The maximum absolute atomic E-state index is 10.6. The first-order valence-electron chi connectivity index (χ1n) is 9.05. The number of nitrogens with zero attached hydrogens (tertiary/aromatic N) is 2. The summed E-state index contributed by atoms with van der Waals surface area (Å²) in [6, 6.07) is 3.66. The summed E-state index contributed by atoms with van der Waals surface area (Å²) in [5.74, 6) is 2.08. The average molecular weight is 336 g/mol. The molecule has 2 heterocycles. The van der Waals surface area contributed by atoms with E-state index in [1.165, 1.54) is 25.9 Å². The highest BCUT2D eigenvalue weighted by Gasteiger charge is 2.26. The Morgan fingerprint density at radius 3 is 2.71 bits per heavy atom. The lowest BCUT2D eigenvalue weighted by molar-refractivity contribution is 0.0428. The van der Waals surface area contributed by atoms with Gasteiger partial charge in [0.15, 0.2) is 5.96 Å². The van der Waals surface area contributed by atoms with Crippen molar-refractivity contribution < 1.29 is 9.52 Å². The first-order chi connectivity index (χ1) is 11.5. The molecule has 1 aromatic heterocycles. The van der Waals surface area contributed by atoms with Crippen molar-refractivity contribution in [2.75, 3.05) is 39.3 Å². The molecular weight excluding hydrogens is 304 g/mol. The second kappa shape index (κ2) is 9.08. The van der Waals surface area contributed by atoms with Gasteiger partial charge in [0.2, 0.25) is 0 Å². The molecule has 0 aliphatic carbocycles. The van der Waals surface area contributed by atoms with Gasteiger partial charge in [-0.25, -0.2) is 4.99 Å². The summed E-state index contributed by atoms with van der Waals surface area (Å²) in [4.78, 5) is 7.02. The highest BCUT2D eigenvalue weighted by Crippen LogP contribution is 2.22. The topological polar surface area (TPSA) is 73.0 Å². The van der Waals surface area contributed by atoms with Gasteiger partial charge in [-0.15, -0.1) is 0 Å². The molecule has 1 atom stereocenters. The molecule has 1 fully saturated rings. The van der Waals surface area contributed by atoms with Crippen molar-refractivity contribution in [2.45, 2.75) is 45.6 Å². The van der Waals surface area contributed by atoms with E-state index in [0.29, 0.717) is 5.76 Å². The van der Waals surface area contributed by atoms with Gasteiger partial charge in [-0.2, -0.15) is 0 Å². The zero-order valence-corrected chi connectivity index (χ0v) is 15.3. The molecule has 2 rings (SSSR count). The molecule has 6 heteroatoms. The lowest BCUT2D eigenvalue weighted by atomic mass is 10.0. The van der Waals surface area contributed by atoms with Crippen LogP contribution in [0.15, 0.2) is 21.5 Å². The Morgan fingerprint density at radius 1 is 1.33 bits per heavy atom. The second-order valence-corrected chi connectivity index (χ2v) is 6.71. The van der Waals surface area contributed by atoms with Crippen molar-refractivity contribution >= 4 is 5.96 Å². The molecule has 0 amide bonds. The SMILES string of the molecule is CCNC(=NCC(C)(O)c1ccc(C)o1)NCCCN1CCCC1. The van der Waals surface area contributed by atoms with Crippen LogP contribution < -0.4 is 10.6 Å². The molecule has 6 nitrogen and oxygen atoms in total. The van der Waals surface area contributed by atoms with Gasteiger partial charge < -0.3 is 25.1 Å². The van der Waals surface area contributed by atoms with E-state index in [4.69, 9.17) is 4.42 Å². The Hall–Kier alpha value is -1.53. The van der Waals surface area contributed by atoms with Crippen LogP contribution in [-0.4, -0.2) is 55.2 Å². The molecule has 0 saturated carbocycles. The largest absolute Gasteiger partial charge is 0.463 e. The van der Waals surface area contributed by atoms with Crippen LogP contribution >= 0.6 is 0 Å². The van der Waals surface area contributed by atoms with Gasteiger partial charge in [0, 0.05) is 13.1 Å². The van der Waals surface area contributed by atoms with Gasteiger partial charge in [-0.3, -0.25) is 0 Å². The van der Waals surface area contributed by atoms with Gasteiger partial charge in [-0.05, 0) is 71.8 Å². The minimum Gasteiger partial charge on any atom is -0.463 e. The van der Waals surface area contributed by atoms with Crippen molar-refractivity contribution in [1.29, 1.82) is 0 Å². The van der Waals surface area contributed by atoms with Gasteiger partial charge in [-0.1, -0.05) is 0 Å². The number of hydrogen-bond acceptors (Lipinski definition) is 4. The number of aliphatic hydroxyl groups is 1. The van der Waals surface area contributed by atoms with Crippen LogP contribution in [-0.2, 0) is 5.60 Å². The standard InChI is InChI=1S/C18H32N4O2/c1-4-19-17(20-10-7-13-22-11-5-6-12-22)21-14-18(3,23)16-9-8-15(2)24-16/h8-9,23H,4-7,10-14H2,1-3H3,(H2,19,20,21). The Kier molecular flexibility index (Phi) is 7.12. The highest BCUT2D eigenvalue weighted by atomic mass is 16.4. The Balaban J connectivity index is 1.80. The third-order valence-electron chi connectivity index (χ3n) is 4.30. The quantitative estimate of drug-likeness (QED) is 0.384. The van der Waals surface area contributed by atoms with Crippen molar-refractivity contribution in [3.05, 3.63) is 23.7 Å². The Morgan fingerprint density at radius 2 is 2.08 bits per heavy atom. The van der Waals surface area contributed by atoms with Crippen LogP contribution in [0.1, 0.15) is 44.6 Å². The zero-order valence-electron chi connectivity index (χ0n) is 15.3. The van der Waals surface area contributed by atoms with E-state index in [2.05, 4.69) is 20.5 Å². The van der Waals surface area contributed by atoms with E-state index < -0.39 is 5.60 Å². The predicted octanol–water partition coefficient (Wildman–Crippen LogP) is 1.84. The van der Waals surface area contributed by atoms with Gasteiger partial charge in [0.05, 0.1) is 6.54 Å². The van der Waals surface area contributed by atoms with E-state index in [-0.39, 0.29) is 6.54 Å². The summed E-state index contributed by atoms with van der Waals surface area (Å²) in [5, 5.41) is 17.1. The molecule has 0 spiro atoms. The van der Waals surface area contributed by atoms with E-state index in [1.807, 2.05) is 19.9 Å². The van der Waals surface area contributed by atoms with Gasteiger partial charge >= 0.3 is 0 Å². The number of aryl methyl sites for hydroxylation is 1. The van der Waals surface area contributed by atoms with Crippen LogP contribution in [0.4, 0.5) is 0 Å². The molecule has 1 unspecified atom stereocenters. The molecule has 0 radical (unpaired) electrons. The van der Waals surface area contributed by atoms with Crippen LogP contribution in [0.2, 0.25) is 0 Å². The summed E-state index contributed by atoms with van der Waals surface area (Å²) in [5.41, 5.74) is -1.10. The Bertz CT molecular complexity index is 519.